The largest absolute Gasteiger partial charge is 0.235 e. The molecule has 0 bridgehead atoms. The minimum atomic E-state index is -3.28. The van der Waals surface area contributed by atoms with Gasteiger partial charge in [-0.1, -0.05) is 57.2 Å². The summed E-state index contributed by atoms with van der Waals surface area (Å²) < 4.78 is 37.2. The molecule has 0 spiro atoms. The molecule has 1 aromatic heterocycles. The number of sulfone groups is 1. The molecular formula is C26H24FNO2S2. The van der Waals surface area contributed by atoms with E-state index in [1.165, 1.54) is 35.3 Å². The second kappa shape index (κ2) is 8.26. The van der Waals surface area contributed by atoms with Gasteiger partial charge in [0.1, 0.15) is 10.8 Å². The lowest BCUT2D eigenvalue weighted by Gasteiger charge is -2.18. The van der Waals surface area contributed by atoms with Gasteiger partial charge in [-0.25, -0.2) is 17.8 Å². The van der Waals surface area contributed by atoms with Crippen molar-refractivity contribution < 1.29 is 12.8 Å². The number of aromatic nitrogens is 1. The Morgan fingerprint density at radius 1 is 0.781 bits per heavy atom. The number of hydrogen-bond donors (Lipinski definition) is 0. The molecule has 0 fully saturated rings. The quantitative estimate of drug-likeness (QED) is 0.326. The van der Waals surface area contributed by atoms with Gasteiger partial charge >= 0.3 is 0 Å². The number of halogens is 1. The van der Waals surface area contributed by atoms with E-state index >= 15 is 0 Å². The summed E-state index contributed by atoms with van der Waals surface area (Å²) in [5.41, 5.74) is 4.73. The van der Waals surface area contributed by atoms with E-state index in [1.54, 1.807) is 36.4 Å². The molecule has 4 rings (SSSR count). The summed E-state index contributed by atoms with van der Waals surface area (Å²) >= 11 is 1.54. The van der Waals surface area contributed by atoms with E-state index in [0.717, 1.165) is 32.3 Å². The van der Waals surface area contributed by atoms with Crippen LogP contribution in [0.25, 0.3) is 32.3 Å². The van der Waals surface area contributed by atoms with Crippen molar-refractivity contribution in [3.8, 4) is 32.3 Å². The van der Waals surface area contributed by atoms with E-state index in [-0.39, 0.29) is 16.1 Å². The first kappa shape index (κ1) is 22.4. The lowest BCUT2D eigenvalue weighted by atomic mass is 9.87. The standard InChI is InChI=1S/C26H24FNO2S2/c1-26(2,3)20-11-5-19(6-12-20)25-28-23(17-7-13-21(27)14-8-17)24(31-25)18-9-15-22(16-10-18)32(4,29)30/h5-16H,1-4H3. The topological polar surface area (TPSA) is 47.0 Å². The van der Waals surface area contributed by atoms with Gasteiger partial charge in [0.15, 0.2) is 9.84 Å². The van der Waals surface area contributed by atoms with Crippen LogP contribution in [0.2, 0.25) is 0 Å². The minimum absolute atomic E-state index is 0.0627. The van der Waals surface area contributed by atoms with Crippen molar-refractivity contribution in [2.24, 2.45) is 0 Å². The Bertz CT molecular complexity index is 1350. The zero-order valence-corrected chi connectivity index (χ0v) is 20.0. The maximum atomic E-state index is 13.5. The molecule has 0 unspecified atom stereocenters. The molecule has 32 heavy (non-hydrogen) atoms. The van der Waals surface area contributed by atoms with Gasteiger partial charge in [-0.15, -0.1) is 11.3 Å². The summed E-state index contributed by atoms with van der Waals surface area (Å²) in [6.45, 7) is 6.53. The number of benzene rings is 3. The van der Waals surface area contributed by atoms with Gasteiger partial charge in [0.05, 0.1) is 15.5 Å². The van der Waals surface area contributed by atoms with Crippen LogP contribution in [0.5, 0.6) is 0 Å². The third kappa shape index (κ3) is 4.66. The highest BCUT2D eigenvalue weighted by Gasteiger charge is 2.18. The Labute approximate surface area is 192 Å². The summed E-state index contributed by atoms with van der Waals surface area (Å²) in [6, 6.07) is 21.5. The summed E-state index contributed by atoms with van der Waals surface area (Å²) in [7, 11) is -3.28. The van der Waals surface area contributed by atoms with Crippen LogP contribution in [0.4, 0.5) is 4.39 Å². The third-order valence-corrected chi connectivity index (χ3v) is 7.57. The first-order valence-corrected chi connectivity index (χ1v) is 12.9. The van der Waals surface area contributed by atoms with Gasteiger partial charge in [0.2, 0.25) is 0 Å². The molecule has 0 saturated carbocycles. The molecule has 4 aromatic rings. The molecule has 1 heterocycles. The van der Waals surface area contributed by atoms with Gasteiger partial charge in [-0.2, -0.15) is 0 Å². The predicted octanol–water partition coefficient (Wildman–Crippen LogP) is 6.98. The summed E-state index contributed by atoms with van der Waals surface area (Å²) in [5.74, 6) is -0.305. The van der Waals surface area contributed by atoms with Crippen molar-refractivity contribution in [1.29, 1.82) is 0 Å². The summed E-state index contributed by atoms with van der Waals surface area (Å²) in [5, 5.41) is 0.854. The Morgan fingerprint density at radius 2 is 1.31 bits per heavy atom. The lowest BCUT2D eigenvalue weighted by Crippen LogP contribution is -2.10. The fourth-order valence-corrected chi connectivity index (χ4v) is 5.14. The molecule has 164 valence electrons. The molecule has 0 saturated heterocycles. The fourth-order valence-electron chi connectivity index (χ4n) is 3.41. The Balaban J connectivity index is 1.83. The van der Waals surface area contributed by atoms with Crippen LogP contribution in [0, 0.1) is 5.82 Å². The van der Waals surface area contributed by atoms with Crippen molar-refractivity contribution in [1.82, 2.24) is 4.98 Å². The van der Waals surface area contributed by atoms with Crippen LogP contribution >= 0.6 is 11.3 Å². The molecule has 0 atom stereocenters. The van der Waals surface area contributed by atoms with Gasteiger partial charge in [-0.3, -0.25) is 0 Å². The fraction of sp³-hybridized carbons (Fsp3) is 0.192. The zero-order valence-electron chi connectivity index (χ0n) is 18.4. The zero-order chi connectivity index (χ0) is 23.1. The summed E-state index contributed by atoms with van der Waals surface area (Å²) in [6.07, 6.45) is 1.19. The molecular weight excluding hydrogens is 441 g/mol. The Kier molecular flexibility index (Phi) is 5.77. The first-order chi connectivity index (χ1) is 15.0. The third-order valence-electron chi connectivity index (χ3n) is 5.29. The molecule has 3 aromatic carbocycles. The molecule has 0 aliphatic carbocycles. The van der Waals surface area contributed by atoms with Crippen molar-refractivity contribution in [2.75, 3.05) is 6.26 Å². The number of hydrogen-bond acceptors (Lipinski definition) is 4. The van der Waals surface area contributed by atoms with Crippen molar-refractivity contribution in [3.05, 3.63) is 84.2 Å². The first-order valence-electron chi connectivity index (χ1n) is 10.2. The van der Waals surface area contributed by atoms with Gasteiger partial charge < -0.3 is 0 Å². The average Bonchev–Trinajstić information content (AvgIpc) is 3.19. The second-order valence-corrected chi connectivity index (χ2v) is 11.8. The van der Waals surface area contributed by atoms with E-state index in [0.29, 0.717) is 0 Å². The van der Waals surface area contributed by atoms with Crippen molar-refractivity contribution in [3.63, 3.8) is 0 Å². The van der Waals surface area contributed by atoms with Crippen LogP contribution < -0.4 is 0 Å². The number of thiazole rings is 1. The molecule has 0 N–H and O–H groups in total. The lowest BCUT2D eigenvalue weighted by molar-refractivity contribution is 0.590. The highest BCUT2D eigenvalue weighted by atomic mass is 32.2. The maximum Gasteiger partial charge on any atom is 0.175 e. The minimum Gasteiger partial charge on any atom is -0.235 e. The van der Waals surface area contributed by atoms with Crippen LogP contribution in [-0.2, 0) is 15.3 Å². The monoisotopic (exact) mass is 465 g/mol. The predicted molar refractivity (Wildman–Crippen MR) is 130 cm³/mol. The van der Waals surface area contributed by atoms with E-state index in [1.807, 2.05) is 0 Å². The van der Waals surface area contributed by atoms with Gasteiger partial charge in [-0.05, 0) is 52.9 Å². The van der Waals surface area contributed by atoms with Crippen molar-refractivity contribution >= 4 is 21.2 Å². The normalized spacial score (nSPS) is 12.2. The van der Waals surface area contributed by atoms with Crippen LogP contribution in [0.1, 0.15) is 26.3 Å². The highest BCUT2D eigenvalue weighted by Crippen LogP contribution is 2.41. The van der Waals surface area contributed by atoms with E-state index in [2.05, 4.69) is 45.0 Å². The SMILES string of the molecule is CC(C)(C)c1ccc(-c2nc(-c3ccc(F)cc3)c(-c3ccc(S(C)(=O)=O)cc3)s2)cc1. The van der Waals surface area contributed by atoms with Crippen LogP contribution in [0.3, 0.4) is 0 Å². The molecule has 0 amide bonds. The average molecular weight is 466 g/mol. The summed E-state index contributed by atoms with van der Waals surface area (Å²) in [4.78, 5) is 6.08. The van der Waals surface area contributed by atoms with Crippen LogP contribution in [-0.4, -0.2) is 19.7 Å². The molecule has 0 aliphatic rings. The number of rotatable bonds is 4. The van der Waals surface area contributed by atoms with E-state index < -0.39 is 9.84 Å². The number of nitrogens with zero attached hydrogens (tertiary/aromatic N) is 1. The molecule has 3 nitrogen and oxygen atoms in total. The Morgan fingerprint density at radius 3 is 1.84 bits per heavy atom. The molecule has 6 heteroatoms. The highest BCUT2D eigenvalue weighted by molar-refractivity contribution is 7.90. The van der Waals surface area contributed by atoms with Crippen molar-refractivity contribution in [2.45, 2.75) is 31.1 Å². The second-order valence-electron chi connectivity index (χ2n) is 8.83. The van der Waals surface area contributed by atoms with Gasteiger partial charge in [0.25, 0.3) is 0 Å². The van der Waals surface area contributed by atoms with E-state index in [9.17, 15) is 12.8 Å². The Hall–Kier alpha value is -2.83. The molecule has 0 radical (unpaired) electrons. The molecule has 0 aliphatic heterocycles. The van der Waals surface area contributed by atoms with Crippen LogP contribution in [0.15, 0.2) is 77.7 Å². The van der Waals surface area contributed by atoms with E-state index in [4.69, 9.17) is 4.98 Å². The van der Waals surface area contributed by atoms with Gasteiger partial charge in [0, 0.05) is 17.4 Å². The smallest absolute Gasteiger partial charge is 0.175 e. The maximum absolute atomic E-state index is 13.5.